The van der Waals surface area contributed by atoms with Crippen LogP contribution in [0.2, 0.25) is 0 Å². The number of morpholine rings is 1. The Morgan fingerprint density at radius 1 is 1.00 bits per heavy atom. The predicted octanol–water partition coefficient (Wildman–Crippen LogP) is 2.74. The molecule has 1 aliphatic rings. The van der Waals surface area contributed by atoms with Gasteiger partial charge in [-0.2, -0.15) is 10.2 Å². The van der Waals surface area contributed by atoms with Gasteiger partial charge in [-0.05, 0) is 32.9 Å². The molecule has 5 rings (SSSR count). The molecule has 1 fully saturated rings. The van der Waals surface area contributed by atoms with Crippen molar-refractivity contribution in [3.05, 3.63) is 55.0 Å². The van der Waals surface area contributed by atoms with Gasteiger partial charge in [0.2, 0.25) is 0 Å². The van der Waals surface area contributed by atoms with Gasteiger partial charge in [0.15, 0.2) is 11.5 Å². The average molecular weight is 404 g/mol. The molecule has 154 valence electrons. The first-order valence-corrected chi connectivity index (χ1v) is 10.0. The second kappa shape index (κ2) is 7.17. The van der Waals surface area contributed by atoms with Crippen LogP contribution in [0.1, 0.15) is 32.6 Å². The largest absolute Gasteiger partial charge is 0.377 e. The lowest BCUT2D eigenvalue weighted by molar-refractivity contribution is 0.0908. The van der Waals surface area contributed by atoms with E-state index in [9.17, 15) is 0 Å². The summed E-state index contributed by atoms with van der Waals surface area (Å²) in [6.45, 7) is 8.15. The van der Waals surface area contributed by atoms with E-state index in [1.165, 1.54) is 0 Å². The highest BCUT2D eigenvalue weighted by atomic mass is 16.5. The number of fused-ring (bicyclic) bond motifs is 1. The second-order valence-corrected chi connectivity index (χ2v) is 8.31. The number of aromatic nitrogens is 7. The Morgan fingerprint density at radius 2 is 1.83 bits per heavy atom. The summed E-state index contributed by atoms with van der Waals surface area (Å²) in [6.07, 6.45) is 5.04. The molecule has 30 heavy (non-hydrogen) atoms. The molecule has 0 bridgehead atoms. The maximum Gasteiger partial charge on any atom is 0.163 e. The van der Waals surface area contributed by atoms with Crippen LogP contribution in [0.5, 0.6) is 0 Å². The second-order valence-electron chi connectivity index (χ2n) is 8.31. The summed E-state index contributed by atoms with van der Waals surface area (Å²) in [5.41, 5.74) is 1.61. The lowest BCUT2D eigenvalue weighted by Gasteiger charge is -2.36. The van der Waals surface area contributed by atoms with Crippen molar-refractivity contribution in [2.24, 2.45) is 0 Å². The molecule has 1 aromatic carbocycles. The quantitative estimate of drug-likeness (QED) is 0.519. The van der Waals surface area contributed by atoms with Crippen molar-refractivity contribution < 1.29 is 4.74 Å². The van der Waals surface area contributed by atoms with E-state index in [1.807, 2.05) is 45.9 Å². The number of ether oxygens (including phenoxy) is 1. The fourth-order valence-electron chi connectivity index (χ4n) is 3.87. The van der Waals surface area contributed by atoms with Crippen LogP contribution < -0.4 is 4.90 Å². The number of hydrogen-bond donors (Lipinski definition) is 0. The Morgan fingerprint density at radius 3 is 2.63 bits per heavy atom. The number of rotatable bonds is 3. The minimum atomic E-state index is -0.175. The van der Waals surface area contributed by atoms with Crippen molar-refractivity contribution in [1.82, 2.24) is 34.5 Å². The SMILES string of the molecule is CC(C)(C)n1ncc2c(N3CCOC[C@H]3c3ncnn3-c3ccccc3)ncnc21. The number of hydrogen-bond acceptors (Lipinski definition) is 7. The monoisotopic (exact) mass is 404 g/mol. The number of anilines is 1. The minimum Gasteiger partial charge on any atom is -0.377 e. The molecule has 9 nitrogen and oxygen atoms in total. The van der Waals surface area contributed by atoms with Gasteiger partial charge in [-0.25, -0.2) is 24.3 Å². The molecule has 0 N–H and O–H groups in total. The Labute approximate surface area is 174 Å². The zero-order chi connectivity index (χ0) is 20.7. The normalized spacial score (nSPS) is 17.6. The molecular formula is C21H24N8O. The van der Waals surface area contributed by atoms with Crippen molar-refractivity contribution in [2.75, 3.05) is 24.7 Å². The highest BCUT2D eigenvalue weighted by Gasteiger charge is 2.32. The van der Waals surface area contributed by atoms with Gasteiger partial charge in [0, 0.05) is 6.54 Å². The van der Waals surface area contributed by atoms with Crippen LogP contribution in [0, 0.1) is 0 Å². The maximum absolute atomic E-state index is 5.83. The third-order valence-corrected chi connectivity index (χ3v) is 5.25. The molecule has 0 amide bonds. The fourth-order valence-corrected chi connectivity index (χ4v) is 3.87. The standard InChI is InChI=1S/C21H24N8O/c1-21(2,3)29-19-16(11-25-29)18(22-13-23-19)27-9-10-30-12-17(27)20-24-14-26-28(20)15-7-5-4-6-8-15/h4-8,11,13-14,17H,9-10,12H2,1-3H3/t17-/m0/s1. The van der Waals surface area contributed by atoms with E-state index in [1.54, 1.807) is 12.7 Å². The van der Waals surface area contributed by atoms with Crippen molar-refractivity contribution in [3.8, 4) is 5.69 Å². The van der Waals surface area contributed by atoms with E-state index < -0.39 is 0 Å². The molecule has 1 aliphatic heterocycles. The van der Waals surface area contributed by atoms with Gasteiger partial charge in [-0.3, -0.25) is 0 Å². The summed E-state index contributed by atoms with van der Waals surface area (Å²) in [4.78, 5) is 16.0. The summed E-state index contributed by atoms with van der Waals surface area (Å²) in [5, 5.41) is 9.98. The molecule has 0 aliphatic carbocycles. The fraction of sp³-hybridized carbons (Fsp3) is 0.381. The van der Waals surface area contributed by atoms with E-state index >= 15 is 0 Å². The first-order chi connectivity index (χ1) is 14.5. The Hall–Kier alpha value is -3.33. The zero-order valence-corrected chi connectivity index (χ0v) is 17.3. The molecule has 1 atom stereocenters. The first-order valence-electron chi connectivity index (χ1n) is 10.0. The molecule has 4 aromatic rings. The number of nitrogens with zero attached hydrogens (tertiary/aromatic N) is 8. The number of para-hydroxylation sites is 1. The number of benzene rings is 1. The van der Waals surface area contributed by atoms with E-state index in [0.29, 0.717) is 19.8 Å². The highest BCUT2D eigenvalue weighted by molar-refractivity contribution is 5.87. The van der Waals surface area contributed by atoms with Gasteiger partial charge in [-0.15, -0.1) is 0 Å². The van der Waals surface area contributed by atoms with Crippen LogP contribution in [0.4, 0.5) is 5.82 Å². The molecule has 4 heterocycles. The molecule has 0 spiro atoms. The van der Waals surface area contributed by atoms with E-state index in [2.05, 4.69) is 50.8 Å². The smallest absolute Gasteiger partial charge is 0.163 e. The molecule has 0 radical (unpaired) electrons. The summed E-state index contributed by atoms with van der Waals surface area (Å²) >= 11 is 0. The topological polar surface area (TPSA) is 86.8 Å². The molecule has 9 heteroatoms. The van der Waals surface area contributed by atoms with Gasteiger partial charge in [-0.1, -0.05) is 18.2 Å². The van der Waals surface area contributed by atoms with Crippen LogP contribution in [0.15, 0.2) is 49.2 Å². The third kappa shape index (κ3) is 3.11. The van der Waals surface area contributed by atoms with Gasteiger partial charge >= 0.3 is 0 Å². The van der Waals surface area contributed by atoms with Crippen LogP contribution >= 0.6 is 0 Å². The van der Waals surface area contributed by atoms with Crippen molar-refractivity contribution >= 4 is 16.9 Å². The molecule has 1 saturated heterocycles. The van der Waals surface area contributed by atoms with Crippen molar-refractivity contribution in [2.45, 2.75) is 32.4 Å². The van der Waals surface area contributed by atoms with Crippen molar-refractivity contribution in [1.29, 1.82) is 0 Å². The van der Waals surface area contributed by atoms with Crippen LogP contribution in [0.25, 0.3) is 16.7 Å². The summed E-state index contributed by atoms with van der Waals surface area (Å²) in [7, 11) is 0. The van der Waals surface area contributed by atoms with E-state index in [-0.39, 0.29) is 11.6 Å². The Balaban J connectivity index is 1.60. The lowest BCUT2D eigenvalue weighted by Crippen LogP contribution is -2.41. The first kappa shape index (κ1) is 18.7. The van der Waals surface area contributed by atoms with Crippen LogP contribution in [-0.4, -0.2) is 54.3 Å². The van der Waals surface area contributed by atoms with E-state index in [4.69, 9.17) is 4.74 Å². The predicted molar refractivity (Wildman–Crippen MR) is 113 cm³/mol. The average Bonchev–Trinajstić information content (AvgIpc) is 3.41. The minimum absolute atomic E-state index is 0.127. The summed E-state index contributed by atoms with van der Waals surface area (Å²) in [5.74, 6) is 1.65. The van der Waals surface area contributed by atoms with Crippen molar-refractivity contribution in [3.63, 3.8) is 0 Å². The molecule has 0 unspecified atom stereocenters. The van der Waals surface area contributed by atoms with Gasteiger partial charge in [0.1, 0.15) is 24.5 Å². The Bertz CT molecular complexity index is 1160. The molecule has 0 saturated carbocycles. The molecular weight excluding hydrogens is 380 g/mol. The lowest BCUT2D eigenvalue weighted by atomic mass is 10.1. The zero-order valence-electron chi connectivity index (χ0n) is 17.3. The van der Waals surface area contributed by atoms with Gasteiger partial charge < -0.3 is 9.64 Å². The molecule has 3 aromatic heterocycles. The van der Waals surface area contributed by atoms with Crippen LogP contribution in [0.3, 0.4) is 0 Å². The third-order valence-electron chi connectivity index (χ3n) is 5.25. The van der Waals surface area contributed by atoms with Gasteiger partial charge in [0.05, 0.1) is 36.0 Å². The van der Waals surface area contributed by atoms with E-state index in [0.717, 1.165) is 28.4 Å². The maximum atomic E-state index is 5.83. The van der Waals surface area contributed by atoms with Gasteiger partial charge in [0.25, 0.3) is 0 Å². The Kier molecular flexibility index (Phi) is 4.47. The highest BCUT2D eigenvalue weighted by Crippen LogP contribution is 2.33. The van der Waals surface area contributed by atoms with Crippen LogP contribution in [-0.2, 0) is 10.3 Å². The summed E-state index contributed by atoms with van der Waals surface area (Å²) in [6, 6.07) is 9.87. The summed E-state index contributed by atoms with van der Waals surface area (Å²) < 4.78 is 9.64.